The zero-order valence-electron chi connectivity index (χ0n) is 18.7. The van der Waals surface area contributed by atoms with Crippen molar-refractivity contribution < 1.29 is 9.59 Å². The molecule has 2 heterocycles. The smallest absolute Gasteiger partial charge is 0.272 e. The minimum absolute atomic E-state index is 0.116. The Hall–Kier alpha value is -3.47. The molecule has 0 spiro atoms. The molecule has 3 aromatic rings. The van der Waals surface area contributed by atoms with Gasteiger partial charge in [0.1, 0.15) is 5.69 Å². The van der Waals surface area contributed by atoms with E-state index in [4.69, 9.17) is 0 Å². The number of likely N-dealkylation sites (N-methyl/N-ethyl adjacent to an activating group) is 1. The second kappa shape index (κ2) is 9.77. The Morgan fingerprint density at radius 2 is 1.84 bits per heavy atom. The van der Waals surface area contributed by atoms with E-state index < -0.39 is 0 Å². The van der Waals surface area contributed by atoms with Gasteiger partial charge in [-0.3, -0.25) is 14.6 Å². The fourth-order valence-corrected chi connectivity index (χ4v) is 4.39. The number of aromatic nitrogens is 1. The summed E-state index contributed by atoms with van der Waals surface area (Å²) in [6.07, 6.45) is 2.23. The van der Waals surface area contributed by atoms with Gasteiger partial charge < -0.3 is 9.80 Å². The van der Waals surface area contributed by atoms with Crippen molar-refractivity contribution in [2.24, 2.45) is 5.92 Å². The molecular weight excluding hydrogens is 398 g/mol. The molecule has 1 aliphatic rings. The third-order valence-electron chi connectivity index (χ3n) is 6.16. The lowest BCUT2D eigenvalue weighted by atomic mass is 9.93. The fraction of sp³-hybridized carbons (Fsp3) is 0.296. The summed E-state index contributed by atoms with van der Waals surface area (Å²) < 4.78 is 0. The van der Waals surface area contributed by atoms with Gasteiger partial charge in [-0.15, -0.1) is 0 Å². The van der Waals surface area contributed by atoms with Crippen molar-refractivity contribution in [1.82, 2.24) is 14.8 Å². The maximum Gasteiger partial charge on any atom is 0.272 e. The van der Waals surface area contributed by atoms with E-state index in [0.717, 1.165) is 11.1 Å². The van der Waals surface area contributed by atoms with Gasteiger partial charge in [-0.2, -0.15) is 0 Å². The largest absolute Gasteiger partial charge is 0.341 e. The average Bonchev–Trinajstić information content (AvgIpc) is 2.98. The minimum Gasteiger partial charge on any atom is -0.341 e. The molecule has 5 nitrogen and oxygen atoms in total. The van der Waals surface area contributed by atoms with Crippen molar-refractivity contribution in [2.75, 3.05) is 26.2 Å². The highest BCUT2D eigenvalue weighted by Crippen LogP contribution is 2.26. The SMILES string of the molecule is CCN1CCN(C(=O)c2ccccn2)C[C@@H](Cc2cccc(-c3ccccc3C)c2)C1=O. The monoisotopic (exact) mass is 427 g/mol. The number of hydrogen-bond acceptors (Lipinski definition) is 3. The molecule has 32 heavy (non-hydrogen) atoms. The van der Waals surface area contributed by atoms with Crippen LogP contribution in [0, 0.1) is 12.8 Å². The molecule has 1 aromatic heterocycles. The maximum absolute atomic E-state index is 13.3. The van der Waals surface area contributed by atoms with Gasteiger partial charge in [0.15, 0.2) is 0 Å². The van der Waals surface area contributed by atoms with Crippen LogP contribution in [0.3, 0.4) is 0 Å². The molecule has 5 heteroatoms. The molecule has 2 aromatic carbocycles. The highest BCUT2D eigenvalue weighted by molar-refractivity contribution is 5.93. The summed E-state index contributed by atoms with van der Waals surface area (Å²) in [6.45, 7) is 6.22. The number of pyridine rings is 1. The summed E-state index contributed by atoms with van der Waals surface area (Å²) in [5.74, 6) is -0.280. The van der Waals surface area contributed by atoms with E-state index in [9.17, 15) is 9.59 Å². The lowest BCUT2D eigenvalue weighted by Gasteiger charge is -2.23. The lowest BCUT2D eigenvalue weighted by Crippen LogP contribution is -2.38. The molecule has 4 rings (SSSR count). The van der Waals surface area contributed by atoms with E-state index in [-0.39, 0.29) is 17.7 Å². The molecule has 1 saturated heterocycles. The Bertz CT molecular complexity index is 1100. The van der Waals surface area contributed by atoms with Crippen LogP contribution in [0.15, 0.2) is 72.9 Å². The Morgan fingerprint density at radius 1 is 1.03 bits per heavy atom. The fourth-order valence-electron chi connectivity index (χ4n) is 4.39. The van der Waals surface area contributed by atoms with Crippen LogP contribution in [-0.2, 0) is 11.2 Å². The van der Waals surface area contributed by atoms with E-state index in [2.05, 4.69) is 42.2 Å². The van der Waals surface area contributed by atoms with E-state index >= 15 is 0 Å². The van der Waals surface area contributed by atoms with E-state index in [1.165, 1.54) is 11.1 Å². The molecule has 0 aliphatic carbocycles. The van der Waals surface area contributed by atoms with Crippen LogP contribution in [0.4, 0.5) is 0 Å². The summed E-state index contributed by atoms with van der Waals surface area (Å²) in [7, 11) is 0. The number of nitrogens with zero attached hydrogens (tertiary/aromatic N) is 3. The summed E-state index contributed by atoms with van der Waals surface area (Å²) >= 11 is 0. The average molecular weight is 428 g/mol. The Morgan fingerprint density at radius 3 is 2.59 bits per heavy atom. The summed E-state index contributed by atoms with van der Waals surface area (Å²) in [5, 5.41) is 0. The van der Waals surface area contributed by atoms with Gasteiger partial charge in [0, 0.05) is 32.4 Å². The highest BCUT2D eigenvalue weighted by atomic mass is 16.2. The first-order valence-corrected chi connectivity index (χ1v) is 11.2. The van der Waals surface area contributed by atoms with Crippen LogP contribution in [0.5, 0.6) is 0 Å². The van der Waals surface area contributed by atoms with Gasteiger partial charge in [-0.25, -0.2) is 0 Å². The summed E-state index contributed by atoms with van der Waals surface area (Å²) in [5.41, 5.74) is 5.09. The van der Waals surface area contributed by atoms with Gasteiger partial charge in [0.2, 0.25) is 5.91 Å². The second-order valence-corrected chi connectivity index (χ2v) is 8.30. The van der Waals surface area contributed by atoms with Crippen LogP contribution < -0.4 is 0 Å². The van der Waals surface area contributed by atoms with E-state index in [1.807, 2.05) is 36.1 Å². The van der Waals surface area contributed by atoms with Gasteiger partial charge in [0.05, 0.1) is 5.92 Å². The number of benzene rings is 2. The molecule has 0 unspecified atom stereocenters. The zero-order valence-corrected chi connectivity index (χ0v) is 18.7. The van der Waals surface area contributed by atoms with Gasteiger partial charge in [-0.05, 0) is 54.7 Å². The maximum atomic E-state index is 13.3. The number of carbonyl (C=O) groups is 2. The molecule has 164 valence electrons. The first-order chi connectivity index (χ1) is 15.6. The molecule has 0 radical (unpaired) electrons. The molecule has 0 N–H and O–H groups in total. The van der Waals surface area contributed by atoms with Crippen molar-refractivity contribution in [3.8, 4) is 11.1 Å². The number of rotatable bonds is 5. The Labute approximate surface area is 189 Å². The third-order valence-corrected chi connectivity index (χ3v) is 6.16. The van der Waals surface area contributed by atoms with Gasteiger partial charge in [0.25, 0.3) is 5.91 Å². The quantitative estimate of drug-likeness (QED) is 0.613. The summed E-state index contributed by atoms with van der Waals surface area (Å²) in [4.78, 5) is 34.2. The van der Waals surface area contributed by atoms with Crippen LogP contribution in [0.2, 0.25) is 0 Å². The molecular formula is C27H29N3O2. The van der Waals surface area contributed by atoms with Crippen LogP contribution >= 0.6 is 0 Å². The predicted octanol–water partition coefficient (Wildman–Crippen LogP) is 4.22. The van der Waals surface area contributed by atoms with Crippen LogP contribution in [0.1, 0.15) is 28.5 Å². The number of aryl methyl sites for hydroxylation is 1. The normalized spacial score (nSPS) is 16.7. The standard InChI is InChI=1S/C27H29N3O2/c1-3-29-15-16-30(27(32)25-13-6-7-14-28-25)19-23(26(29)31)18-21-10-8-11-22(17-21)24-12-5-4-9-20(24)2/h4-14,17,23H,3,15-16,18-19H2,1-2H3/t23-/m1/s1. The lowest BCUT2D eigenvalue weighted by molar-refractivity contribution is -0.134. The minimum atomic E-state index is -0.280. The van der Waals surface area contributed by atoms with E-state index in [0.29, 0.717) is 38.3 Å². The van der Waals surface area contributed by atoms with Crippen LogP contribution in [-0.4, -0.2) is 52.8 Å². The molecule has 1 aliphatic heterocycles. The summed E-state index contributed by atoms with van der Waals surface area (Å²) in [6, 6.07) is 22.1. The van der Waals surface area contributed by atoms with Gasteiger partial charge >= 0.3 is 0 Å². The Balaban J connectivity index is 1.59. The molecule has 2 amide bonds. The topological polar surface area (TPSA) is 53.5 Å². The number of carbonyl (C=O) groups excluding carboxylic acids is 2. The number of amides is 2. The molecule has 0 bridgehead atoms. The Kier molecular flexibility index (Phi) is 6.64. The third kappa shape index (κ3) is 4.72. The van der Waals surface area contributed by atoms with Crippen molar-refractivity contribution in [2.45, 2.75) is 20.3 Å². The molecule has 1 atom stereocenters. The van der Waals surface area contributed by atoms with Crippen molar-refractivity contribution in [1.29, 1.82) is 0 Å². The van der Waals surface area contributed by atoms with Crippen molar-refractivity contribution in [3.63, 3.8) is 0 Å². The van der Waals surface area contributed by atoms with Crippen molar-refractivity contribution >= 4 is 11.8 Å². The predicted molar refractivity (Wildman–Crippen MR) is 126 cm³/mol. The number of hydrogen-bond donors (Lipinski definition) is 0. The van der Waals surface area contributed by atoms with E-state index in [1.54, 1.807) is 23.2 Å². The molecule has 1 fully saturated rings. The highest BCUT2D eigenvalue weighted by Gasteiger charge is 2.32. The van der Waals surface area contributed by atoms with Gasteiger partial charge in [-0.1, -0.05) is 54.6 Å². The second-order valence-electron chi connectivity index (χ2n) is 8.30. The van der Waals surface area contributed by atoms with Crippen LogP contribution in [0.25, 0.3) is 11.1 Å². The zero-order chi connectivity index (χ0) is 22.5. The first kappa shape index (κ1) is 21.8. The van der Waals surface area contributed by atoms with Crippen molar-refractivity contribution in [3.05, 3.63) is 89.7 Å². The molecule has 0 saturated carbocycles. The first-order valence-electron chi connectivity index (χ1n) is 11.2.